The van der Waals surface area contributed by atoms with Crippen molar-refractivity contribution in [2.75, 3.05) is 26.7 Å². The summed E-state index contributed by atoms with van der Waals surface area (Å²) in [6.07, 6.45) is 3.31. The third-order valence-corrected chi connectivity index (χ3v) is 6.23. The number of aliphatic imine (C=N–C) groups is 1. The Balaban J connectivity index is 1.44. The average molecular weight is 429 g/mol. The number of rotatable bonds is 7. The van der Waals surface area contributed by atoms with Gasteiger partial charge in [-0.15, -0.1) is 0 Å². The van der Waals surface area contributed by atoms with E-state index < -0.39 is 5.54 Å². The Morgan fingerprint density at radius 2 is 1.94 bits per heavy atom. The van der Waals surface area contributed by atoms with E-state index in [1.54, 1.807) is 11.9 Å². The van der Waals surface area contributed by atoms with E-state index in [0.717, 1.165) is 31.2 Å². The van der Waals surface area contributed by atoms with Crippen LogP contribution in [0.5, 0.6) is 0 Å². The minimum Gasteiger partial charge on any atom is -0.445 e. The van der Waals surface area contributed by atoms with Crippen molar-refractivity contribution in [3.05, 3.63) is 35.9 Å². The van der Waals surface area contributed by atoms with E-state index in [0.29, 0.717) is 44.0 Å². The van der Waals surface area contributed by atoms with Crippen LogP contribution >= 0.6 is 0 Å². The third-order valence-electron chi connectivity index (χ3n) is 6.23. The van der Waals surface area contributed by atoms with E-state index in [-0.39, 0.29) is 12.0 Å². The largest absolute Gasteiger partial charge is 0.445 e. The van der Waals surface area contributed by atoms with Crippen LogP contribution in [0, 0.1) is 11.8 Å². The molecule has 1 N–H and O–H groups in total. The zero-order valence-corrected chi connectivity index (χ0v) is 19.3. The Morgan fingerprint density at radius 1 is 1.26 bits per heavy atom. The number of likely N-dealkylation sites (tertiary alicyclic amines) is 1. The summed E-state index contributed by atoms with van der Waals surface area (Å²) in [5.41, 5.74) is 0.419. The van der Waals surface area contributed by atoms with Crippen molar-refractivity contribution in [1.29, 1.82) is 0 Å². The van der Waals surface area contributed by atoms with Crippen LogP contribution in [0.2, 0.25) is 0 Å². The Kier molecular flexibility index (Phi) is 7.57. The molecule has 1 atom stereocenters. The number of carbonyl (C=O) groups excluding carboxylic acids is 2. The number of piperidine rings is 1. The van der Waals surface area contributed by atoms with Gasteiger partial charge in [0.05, 0.1) is 0 Å². The summed E-state index contributed by atoms with van der Waals surface area (Å²) >= 11 is 0. The molecule has 0 spiro atoms. The predicted molar refractivity (Wildman–Crippen MR) is 122 cm³/mol. The molecule has 7 heteroatoms. The molecule has 1 unspecified atom stereocenters. The van der Waals surface area contributed by atoms with Crippen molar-refractivity contribution in [2.45, 2.75) is 58.6 Å². The topological polar surface area (TPSA) is 74.2 Å². The molecular formula is C24H36N4O3. The second kappa shape index (κ2) is 10.2. The molecule has 0 saturated carbocycles. The van der Waals surface area contributed by atoms with Gasteiger partial charge in [0.15, 0.2) is 0 Å². The summed E-state index contributed by atoms with van der Waals surface area (Å²) in [7, 11) is 1.73. The molecule has 3 rings (SSSR count). The Hall–Kier alpha value is -2.57. The Bertz CT molecular complexity index is 787. The van der Waals surface area contributed by atoms with Gasteiger partial charge in [0.2, 0.25) is 5.96 Å². The zero-order chi connectivity index (χ0) is 22.4. The van der Waals surface area contributed by atoms with Gasteiger partial charge >= 0.3 is 6.09 Å². The lowest BCUT2D eigenvalue weighted by Gasteiger charge is -2.32. The molecule has 2 heterocycles. The molecule has 7 nitrogen and oxygen atoms in total. The highest BCUT2D eigenvalue weighted by Gasteiger charge is 2.46. The molecule has 2 aliphatic heterocycles. The number of carbonyl (C=O) groups is 2. The Morgan fingerprint density at radius 3 is 2.55 bits per heavy atom. The van der Waals surface area contributed by atoms with E-state index in [9.17, 15) is 9.59 Å². The van der Waals surface area contributed by atoms with Gasteiger partial charge in [-0.3, -0.25) is 14.7 Å². The van der Waals surface area contributed by atoms with Crippen LogP contribution in [0.4, 0.5) is 4.79 Å². The van der Waals surface area contributed by atoms with Crippen LogP contribution in [0.25, 0.3) is 0 Å². The van der Waals surface area contributed by atoms with E-state index in [2.05, 4.69) is 24.2 Å². The summed E-state index contributed by atoms with van der Waals surface area (Å²) < 4.78 is 5.45. The fourth-order valence-corrected chi connectivity index (χ4v) is 4.63. The summed E-state index contributed by atoms with van der Waals surface area (Å²) in [5, 5.41) is 3.34. The minimum atomic E-state index is -0.575. The van der Waals surface area contributed by atoms with Gasteiger partial charge in [-0.05, 0) is 50.0 Å². The van der Waals surface area contributed by atoms with Crippen molar-refractivity contribution in [3.8, 4) is 0 Å². The zero-order valence-electron chi connectivity index (χ0n) is 19.3. The standard InChI is InChI=1S/C24H36N4O3/c1-18(2)16-24(3)21(29)28(22(25-4)26-24)15-12-19-10-13-27(14-11-19)23(30)31-17-20-8-6-5-7-9-20/h5-9,18-19H,10-17H2,1-4H3,(H,25,26). The molecule has 170 valence electrons. The van der Waals surface area contributed by atoms with Gasteiger partial charge < -0.3 is 15.0 Å². The predicted octanol–water partition coefficient (Wildman–Crippen LogP) is 3.65. The first-order valence-corrected chi connectivity index (χ1v) is 11.3. The average Bonchev–Trinajstić information content (AvgIpc) is 3.00. The highest BCUT2D eigenvalue weighted by Crippen LogP contribution is 2.27. The van der Waals surface area contributed by atoms with Crippen molar-refractivity contribution in [2.24, 2.45) is 16.8 Å². The van der Waals surface area contributed by atoms with Gasteiger partial charge in [0.1, 0.15) is 12.1 Å². The number of nitrogens with one attached hydrogen (secondary N) is 1. The second-order valence-electron chi connectivity index (χ2n) is 9.32. The first-order chi connectivity index (χ1) is 14.8. The molecule has 2 saturated heterocycles. The maximum Gasteiger partial charge on any atom is 0.410 e. The summed E-state index contributed by atoms with van der Waals surface area (Å²) in [4.78, 5) is 33.3. The van der Waals surface area contributed by atoms with E-state index >= 15 is 0 Å². The van der Waals surface area contributed by atoms with E-state index in [1.807, 2.05) is 42.2 Å². The highest BCUT2D eigenvalue weighted by atomic mass is 16.6. The van der Waals surface area contributed by atoms with Crippen molar-refractivity contribution < 1.29 is 14.3 Å². The second-order valence-corrected chi connectivity index (χ2v) is 9.32. The summed E-state index contributed by atoms with van der Waals surface area (Å²) in [5.74, 6) is 1.70. The molecule has 0 aliphatic carbocycles. The number of hydrogen-bond acceptors (Lipinski definition) is 4. The molecule has 2 fully saturated rings. The lowest BCUT2D eigenvalue weighted by Crippen LogP contribution is -2.45. The first kappa shape index (κ1) is 23.1. The van der Waals surface area contributed by atoms with E-state index in [1.165, 1.54) is 0 Å². The molecular weight excluding hydrogens is 392 g/mol. The van der Waals surface area contributed by atoms with Crippen LogP contribution in [0.15, 0.2) is 35.3 Å². The van der Waals surface area contributed by atoms with Gasteiger partial charge in [-0.1, -0.05) is 44.2 Å². The summed E-state index contributed by atoms with van der Waals surface area (Å²) in [6.45, 7) is 8.59. The van der Waals surface area contributed by atoms with Crippen LogP contribution in [0.1, 0.15) is 52.0 Å². The normalized spacial score (nSPS) is 23.5. The number of ether oxygens (including phenoxy) is 1. The number of hydrogen-bond donors (Lipinski definition) is 1. The van der Waals surface area contributed by atoms with Gasteiger partial charge in [-0.2, -0.15) is 0 Å². The van der Waals surface area contributed by atoms with Gasteiger partial charge in [-0.25, -0.2) is 4.79 Å². The number of benzene rings is 1. The lowest BCUT2D eigenvalue weighted by atomic mass is 9.90. The SMILES string of the molecule is C/N=C1/NC(C)(CC(C)C)C(=O)N1CCC1CCN(C(=O)OCc2ccccc2)CC1. The maximum atomic E-state index is 13.0. The minimum absolute atomic E-state index is 0.115. The fourth-order valence-electron chi connectivity index (χ4n) is 4.63. The fraction of sp³-hybridized carbons (Fsp3) is 0.625. The van der Waals surface area contributed by atoms with Crippen LogP contribution in [0.3, 0.4) is 0 Å². The molecule has 0 bridgehead atoms. The molecule has 0 aromatic heterocycles. The molecule has 0 radical (unpaired) electrons. The van der Waals surface area contributed by atoms with Gasteiger partial charge in [0.25, 0.3) is 5.91 Å². The molecule has 31 heavy (non-hydrogen) atoms. The molecule has 1 aromatic carbocycles. The van der Waals surface area contributed by atoms with Gasteiger partial charge in [0, 0.05) is 26.7 Å². The third kappa shape index (κ3) is 5.77. The monoisotopic (exact) mass is 428 g/mol. The number of amides is 2. The molecule has 2 amide bonds. The van der Waals surface area contributed by atoms with E-state index in [4.69, 9.17) is 4.74 Å². The Labute approximate surface area is 185 Å². The maximum absolute atomic E-state index is 13.0. The lowest BCUT2D eigenvalue weighted by molar-refractivity contribution is -0.131. The van der Waals surface area contributed by atoms with Crippen molar-refractivity contribution in [3.63, 3.8) is 0 Å². The van der Waals surface area contributed by atoms with Crippen LogP contribution in [-0.4, -0.2) is 60.0 Å². The van der Waals surface area contributed by atoms with Crippen LogP contribution in [-0.2, 0) is 16.1 Å². The quantitative estimate of drug-likeness (QED) is 0.719. The highest BCUT2D eigenvalue weighted by molar-refractivity contribution is 6.08. The smallest absolute Gasteiger partial charge is 0.410 e. The summed E-state index contributed by atoms with van der Waals surface area (Å²) in [6, 6.07) is 9.73. The van der Waals surface area contributed by atoms with Crippen molar-refractivity contribution >= 4 is 18.0 Å². The molecule has 2 aliphatic rings. The number of nitrogens with zero attached hydrogens (tertiary/aromatic N) is 3. The first-order valence-electron chi connectivity index (χ1n) is 11.3. The molecule has 1 aromatic rings. The van der Waals surface area contributed by atoms with Crippen LogP contribution < -0.4 is 5.32 Å². The van der Waals surface area contributed by atoms with Crippen molar-refractivity contribution in [1.82, 2.24) is 15.1 Å². The number of guanidine groups is 1.